The molecule has 0 aliphatic heterocycles. The number of fused-ring (bicyclic) bond motifs is 1. The van der Waals surface area contributed by atoms with Crippen LogP contribution in [-0.2, 0) is 36.5 Å². The summed E-state index contributed by atoms with van der Waals surface area (Å²) in [5, 5.41) is 0. The molecular formula is C28H22F6O4. The van der Waals surface area contributed by atoms with Crippen LogP contribution in [0.2, 0.25) is 0 Å². The number of benzene rings is 3. The lowest BCUT2D eigenvalue weighted by Crippen LogP contribution is -2.25. The Bertz CT molecular complexity index is 1310. The van der Waals surface area contributed by atoms with Crippen LogP contribution in [0.3, 0.4) is 0 Å². The molecule has 0 radical (unpaired) electrons. The lowest BCUT2D eigenvalue weighted by atomic mass is 9.79. The van der Waals surface area contributed by atoms with Gasteiger partial charge in [-0.1, -0.05) is 12.1 Å². The third kappa shape index (κ3) is 6.17. The summed E-state index contributed by atoms with van der Waals surface area (Å²) in [7, 11) is 1.29. The highest BCUT2D eigenvalue weighted by atomic mass is 19.4. The fourth-order valence-corrected chi connectivity index (χ4v) is 4.43. The topological polar surface area (TPSA) is 52.6 Å². The summed E-state index contributed by atoms with van der Waals surface area (Å²) < 4.78 is 89.6. The summed E-state index contributed by atoms with van der Waals surface area (Å²) in [6.45, 7) is 0.202. The number of rotatable bonds is 6. The van der Waals surface area contributed by atoms with Gasteiger partial charge in [0.2, 0.25) is 0 Å². The minimum absolute atomic E-state index is 0.0799. The maximum atomic E-state index is 13.2. The molecule has 0 spiro atoms. The smallest absolute Gasteiger partial charge is 0.416 e. The van der Waals surface area contributed by atoms with Gasteiger partial charge < -0.3 is 9.47 Å². The van der Waals surface area contributed by atoms with E-state index in [1.807, 2.05) is 0 Å². The van der Waals surface area contributed by atoms with Crippen molar-refractivity contribution in [2.45, 2.75) is 38.2 Å². The quantitative estimate of drug-likeness (QED) is 0.250. The molecule has 0 N–H and O–H groups in total. The molecule has 0 fully saturated rings. The van der Waals surface area contributed by atoms with Crippen molar-refractivity contribution in [3.8, 4) is 5.75 Å². The van der Waals surface area contributed by atoms with E-state index in [0.717, 1.165) is 5.56 Å². The van der Waals surface area contributed by atoms with E-state index in [1.165, 1.54) is 7.11 Å². The molecule has 3 aromatic carbocycles. The van der Waals surface area contributed by atoms with Gasteiger partial charge in [0.05, 0.1) is 23.8 Å². The molecule has 200 valence electrons. The monoisotopic (exact) mass is 536 g/mol. The first kappa shape index (κ1) is 27.2. The van der Waals surface area contributed by atoms with E-state index in [-0.39, 0.29) is 36.9 Å². The first-order chi connectivity index (χ1) is 17.8. The number of carbonyl (C=O) groups excluding carboxylic acids is 2. The molecule has 1 aliphatic rings. The molecule has 1 atom stereocenters. The number of alkyl halides is 6. The summed E-state index contributed by atoms with van der Waals surface area (Å²) in [5.74, 6) is -1.03. The molecule has 0 saturated carbocycles. The normalized spacial score (nSPS) is 15.7. The predicted octanol–water partition coefficient (Wildman–Crippen LogP) is 7.08. The number of esters is 1. The summed E-state index contributed by atoms with van der Waals surface area (Å²) in [6.07, 6.45) is -9.42. The second-order valence-corrected chi connectivity index (χ2v) is 9.01. The van der Waals surface area contributed by atoms with Crippen molar-refractivity contribution >= 4 is 11.8 Å². The number of hydrogen-bond acceptors (Lipinski definition) is 4. The largest absolute Gasteiger partial charge is 0.489 e. The number of carbonyl (C=O) groups is 2. The molecule has 0 heterocycles. The van der Waals surface area contributed by atoms with E-state index in [0.29, 0.717) is 41.0 Å². The summed E-state index contributed by atoms with van der Waals surface area (Å²) in [4.78, 5) is 24.6. The highest BCUT2D eigenvalue weighted by Gasteiger charge is 2.37. The first-order valence-electron chi connectivity index (χ1n) is 11.6. The van der Waals surface area contributed by atoms with E-state index < -0.39 is 35.4 Å². The molecular weight excluding hydrogens is 514 g/mol. The number of halogens is 6. The third-order valence-corrected chi connectivity index (χ3v) is 6.39. The number of ether oxygens (including phenoxy) is 2. The van der Waals surface area contributed by atoms with Crippen molar-refractivity contribution in [2.24, 2.45) is 5.92 Å². The van der Waals surface area contributed by atoms with Crippen LogP contribution in [0.15, 0.2) is 60.7 Å². The molecule has 3 aromatic rings. The summed E-state index contributed by atoms with van der Waals surface area (Å²) in [5.41, 5.74) is -0.708. The average molecular weight is 536 g/mol. The van der Waals surface area contributed by atoms with E-state index >= 15 is 0 Å². The van der Waals surface area contributed by atoms with Crippen LogP contribution in [0.4, 0.5) is 26.3 Å². The van der Waals surface area contributed by atoms with E-state index in [9.17, 15) is 35.9 Å². The van der Waals surface area contributed by atoms with E-state index in [4.69, 9.17) is 4.74 Å². The molecule has 1 unspecified atom stereocenters. The Morgan fingerprint density at radius 2 is 1.50 bits per heavy atom. The second kappa shape index (κ2) is 10.5. The highest BCUT2D eigenvalue weighted by molar-refractivity contribution is 6.00. The Kier molecular flexibility index (Phi) is 7.53. The van der Waals surface area contributed by atoms with E-state index in [2.05, 4.69) is 4.74 Å². The zero-order valence-corrected chi connectivity index (χ0v) is 20.1. The Balaban J connectivity index is 1.46. The van der Waals surface area contributed by atoms with Gasteiger partial charge in [0.15, 0.2) is 5.78 Å². The standard InChI is InChI=1S/C28H22F6O4/c1-37-26(36)18-4-2-16(3-5-18)15-38-23-8-9-24-19(13-23)6-7-20(25(24)35)10-17-11-21(27(29,30)31)14-22(12-17)28(32,33)34/h2-5,8-9,11-14,20H,6-7,10,15H2,1H3. The number of hydrogen-bond donors (Lipinski definition) is 0. The molecule has 0 amide bonds. The maximum Gasteiger partial charge on any atom is 0.416 e. The number of aryl methyl sites for hydroxylation is 1. The SMILES string of the molecule is COC(=O)c1ccc(COc2ccc3c(c2)CCC(Cc2cc(C(F)(F)F)cc(C(F)(F)F)c2)C3=O)cc1. The first-order valence-corrected chi connectivity index (χ1v) is 11.6. The van der Waals surface area contributed by atoms with Gasteiger partial charge >= 0.3 is 18.3 Å². The van der Waals surface area contributed by atoms with Gasteiger partial charge in [-0.3, -0.25) is 4.79 Å². The number of methoxy groups -OCH3 is 1. The van der Waals surface area contributed by atoms with Gasteiger partial charge in [-0.05, 0) is 84.5 Å². The van der Waals surface area contributed by atoms with E-state index in [1.54, 1.807) is 42.5 Å². The van der Waals surface area contributed by atoms with Crippen molar-refractivity contribution in [3.63, 3.8) is 0 Å². The van der Waals surface area contributed by atoms with Gasteiger partial charge in [-0.2, -0.15) is 26.3 Å². The van der Waals surface area contributed by atoms with Crippen LogP contribution < -0.4 is 4.74 Å². The zero-order chi connectivity index (χ0) is 27.7. The predicted molar refractivity (Wildman–Crippen MR) is 125 cm³/mol. The van der Waals surface area contributed by atoms with Crippen LogP contribution in [-0.4, -0.2) is 18.9 Å². The average Bonchev–Trinajstić information content (AvgIpc) is 2.87. The van der Waals surface area contributed by atoms with Gasteiger partial charge in [0.25, 0.3) is 0 Å². The molecule has 4 nitrogen and oxygen atoms in total. The molecule has 0 saturated heterocycles. The van der Waals surface area contributed by atoms with Crippen LogP contribution in [0.5, 0.6) is 5.75 Å². The molecule has 1 aliphatic carbocycles. The van der Waals surface area contributed by atoms with Crippen molar-refractivity contribution in [2.75, 3.05) is 7.11 Å². The lowest BCUT2D eigenvalue weighted by Gasteiger charge is -2.24. The third-order valence-electron chi connectivity index (χ3n) is 6.39. The Morgan fingerprint density at radius 3 is 2.08 bits per heavy atom. The van der Waals surface area contributed by atoms with Crippen LogP contribution in [0, 0.1) is 5.92 Å². The van der Waals surface area contributed by atoms with Gasteiger partial charge in [0.1, 0.15) is 12.4 Å². The van der Waals surface area contributed by atoms with Crippen LogP contribution in [0.25, 0.3) is 0 Å². The van der Waals surface area contributed by atoms with Gasteiger partial charge in [-0.15, -0.1) is 0 Å². The summed E-state index contributed by atoms with van der Waals surface area (Å²) in [6, 6.07) is 12.9. The number of Topliss-reactive ketones (excluding diaryl/α,β-unsaturated/α-hetero) is 1. The summed E-state index contributed by atoms with van der Waals surface area (Å²) >= 11 is 0. The van der Waals surface area contributed by atoms with Crippen LogP contribution >= 0.6 is 0 Å². The molecule has 0 aromatic heterocycles. The highest BCUT2D eigenvalue weighted by Crippen LogP contribution is 2.38. The maximum absolute atomic E-state index is 13.2. The Labute approximate surface area is 214 Å². The minimum Gasteiger partial charge on any atom is -0.489 e. The zero-order valence-electron chi connectivity index (χ0n) is 20.1. The fraction of sp³-hybridized carbons (Fsp3) is 0.286. The fourth-order valence-electron chi connectivity index (χ4n) is 4.43. The Morgan fingerprint density at radius 1 is 0.868 bits per heavy atom. The van der Waals surface area contributed by atoms with Gasteiger partial charge in [0, 0.05) is 11.5 Å². The molecule has 0 bridgehead atoms. The van der Waals surface area contributed by atoms with Crippen molar-refractivity contribution in [3.05, 3.63) is 99.6 Å². The molecule has 10 heteroatoms. The van der Waals surface area contributed by atoms with Crippen molar-refractivity contribution < 1.29 is 45.4 Å². The second-order valence-electron chi connectivity index (χ2n) is 9.01. The van der Waals surface area contributed by atoms with Crippen molar-refractivity contribution in [1.29, 1.82) is 0 Å². The molecule has 38 heavy (non-hydrogen) atoms. The van der Waals surface area contributed by atoms with Gasteiger partial charge in [-0.25, -0.2) is 4.79 Å². The molecule has 4 rings (SSSR count). The number of ketones is 1. The van der Waals surface area contributed by atoms with Crippen LogP contribution in [0.1, 0.15) is 55.0 Å². The lowest BCUT2D eigenvalue weighted by molar-refractivity contribution is -0.143. The van der Waals surface area contributed by atoms with Crippen molar-refractivity contribution in [1.82, 2.24) is 0 Å². The minimum atomic E-state index is -4.95. The Hall–Kier alpha value is -3.82.